The van der Waals surface area contributed by atoms with E-state index in [0.29, 0.717) is 16.0 Å². The molecule has 0 unspecified atom stereocenters. The molecule has 0 atom stereocenters. The zero-order valence-electron chi connectivity index (χ0n) is 15.7. The molecule has 8 heteroatoms. The maximum Gasteiger partial charge on any atom is 0.348 e. The predicted octanol–water partition coefficient (Wildman–Crippen LogP) is 3.52. The number of carbonyl (C=O) groups excluding carboxylic acids is 2. The number of nitrogens with zero attached hydrogens (tertiary/aromatic N) is 2. The molecule has 1 heterocycles. The molecule has 0 fully saturated rings. The zero-order chi connectivity index (χ0) is 21.6. The molecule has 0 aliphatic heterocycles. The molecule has 2 aromatic rings. The highest BCUT2D eigenvalue weighted by Gasteiger charge is 2.23. The number of rotatable bonds is 7. The molecule has 0 saturated carbocycles. The van der Waals surface area contributed by atoms with Gasteiger partial charge in [0.25, 0.3) is 0 Å². The number of nitriles is 2. The van der Waals surface area contributed by atoms with Crippen molar-refractivity contribution in [2.75, 3.05) is 6.61 Å². The summed E-state index contributed by atoms with van der Waals surface area (Å²) < 4.78 is 4.97. The van der Waals surface area contributed by atoms with Crippen LogP contribution in [0.15, 0.2) is 29.8 Å². The van der Waals surface area contributed by atoms with Crippen LogP contribution in [0.2, 0.25) is 0 Å². The molecule has 1 aromatic carbocycles. The minimum Gasteiger partial charge on any atom is -0.478 e. The van der Waals surface area contributed by atoms with Crippen molar-refractivity contribution in [3.05, 3.63) is 61.8 Å². The number of allylic oxidation sites excluding steroid dienone is 1. The van der Waals surface area contributed by atoms with Gasteiger partial charge < -0.3 is 9.84 Å². The standard InChI is InChI=1S/C21H16N2O5S/c1-3-28-21(27)19-12(2)16(11-23)18(29-19)9-17(24)15(10-22)8-13-4-6-14(7-5-13)20(25)26/h4-8H,3,9H2,1-2H3,(H,25,26)/b15-8+. The summed E-state index contributed by atoms with van der Waals surface area (Å²) in [5.41, 5.74) is 1.13. The fourth-order valence-electron chi connectivity index (χ4n) is 2.54. The quantitative estimate of drug-likeness (QED) is 0.421. The fraction of sp³-hybridized carbons (Fsp3) is 0.190. The number of ether oxygens (including phenoxy) is 1. The second-order valence-electron chi connectivity index (χ2n) is 5.88. The van der Waals surface area contributed by atoms with Crippen molar-refractivity contribution in [2.45, 2.75) is 20.3 Å². The Morgan fingerprint density at radius 3 is 2.38 bits per heavy atom. The number of ketones is 1. The Bertz CT molecular complexity index is 1080. The summed E-state index contributed by atoms with van der Waals surface area (Å²) in [6.07, 6.45) is 1.15. The molecule has 2 rings (SSSR count). The highest BCUT2D eigenvalue weighted by atomic mass is 32.1. The first kappa shape index (κ1) is 21.5. The summed E-state index contributed by atoms with van der Waals surface area (Å²) >= 11 is 1.01. The van der Waals surface area contributed by atoms with Gasteiger partial charge in [0.15, 0.2) is 5.78 Å². The van der Waals surface area contributed by atoms with Crippen LogP contribution in [0.1, 0.15) is 48.5 Å². The van der Waals surface area contributed by atoms with E-state index in [1.165, 1.54) is 30.3 Å². The van der Waals surface area contributed by atoms with Crippen molar-refractivity contribution < 1.29 is 24.2 Å². The van der Waals surface area contributed by atoms with Crippen molar-refractivity contribution in [3.8, 4) is 12.1 Å². The molecule has 146 valence electrons. The van der Waals surface area contributed by atoms with Gasteiger partial charge in [-0.05, 0) is 43.2 Å². The lowest BCUT2D eigenvalue weighted by atomic mass is 10.0. The van der Waals surface area contributed by atoms with Gasteiger partial charge in [0.05, 0.1) is 23.3 Å². The Balaban J connectivity index is 2.31. The van der Waals surface area contributed by atoms with E-state index >= 15 is 0 Å². The highest BCUT2D eigenvalue weighted by molar-refractivity contribution is 7.14. The summed E-state index contributed by atoms with van der Waals surface area (Å²) in [4.78, 5) is 36.2. The maximum absolute atomic E-state index is 12.6. The van der Waals surface area contributed by atoms with E-state index in [0.717, 1.165) is 11.3 Å². The van der Waals surface area contributed by atoms with Crippen molar-refractivity contribution in [3.63, 3.8) is 0 Å². The molecule has 0 radical (unpaired) electrons. The zero-order valence-corrected chi connectivity index (χ0v) is 16.5. The molecular weight excluding hydrogens is 392 g/mol. The van der Waals surface area contributed by atoms with E-state index in [9.17, 15) is 24.9 Å². The molecule has 7 nitrogen and oxygen atoms in total. The molecular formula is C21H16N2O5S. The van der Waals surface area contributed by atoms with Crippen LogP contribution in [0.4, 0.5) is 0 Å². The van der Waals surface area contributed by atoms with Crippen LogP contribution in [-0.4, -0.2) is 29.4 Å². The van der Waals surface area contributed by atoms with Crippen molar-refractivity contribution in [1.82, 2.24) is 0 Å². The molecule has 0 bridgehead atoms. The first-order valence-electron chi connectivity index (χ1n) is 8.50. The summed E-state index contributed by atoms with van der Waals surface area (Å²) in [5, 5.41) is 27.7. The van der Waals surface area contributed by atoms with E-state index in [4.69, 9.17) is 9.84 Å². The largest absolute Gasteiger partial charge is 0.478 e. The minimum absolute atomic E-state index is 0.0891. The van der Waals surface area contributed by atoms with Gasteiger partial charge in [-0.3, -0.25) is 4.79 Å². The average Bonchev–Trinajstić information content (AvgIpc) is 3.01. The smallest absolute Gasteiger partial charge is 0.348 e. The van der Waals surface area contributed by atoms with Gasteiger partial charge in [0.1, 0.15) is 17.0 Å². The first-order chi connectivity index (χ1) is 13.8. The van der Waals surface area contributed by atoms with Gasteiger partial charge in [0, 0.05) is 11.3 Å². The Morgan fingerprint density at radius 2 is 1.86 bits per heavy atom. The van der Waals surface area contributed by atoms with Crippen molar-refractivity contribution in [2.24, 2.45) is 0 Å². The Hall–Kier alpha value is -3.75. The van der Waals surface area contributed by atoms with E-state index in [1.54, 1.807) is 13.8 Å². The summed E-state index contributed by atoms with van der Waals surface area (Å²) in [6.45, 7) is 3.47. The number of benzene rings is 1. The van der Waals surface area contributed by atoms with Crippen LogP contribution in [0, 0.1) is 29.6 Å². The third-order valence-electron chi connectivity index (χ3n) is 4.00. The average molecular weight is 408 g/mol. The monoisotopic (exact) mass is 408 g/mol. The SMILES string of the molecule is CCOC(=O)c1sc(CC(=O)/C(C#N)=C/c2ccc(C(=O)O)cc2)c(C#N)c1C. The van der Waals surface area contributed by atoms with Gasteiger partial charge in [-0.25, -0.2) is 9.59 Å². The lowest BCUT2D eigenvalue weighted by molar-refractivity contribution is -0.114. The van der Waals surface area contributed by atoms with E-state index in [2.05, 4.69) is 0 Å². The van der Waals surface area contributed by atoms with Crippen LogP contribution in [-0.2, 0) is 16.0 Å². The number of hydrogen-bond acceptors (Lipinski definition) is 7. The molecule has 0 spiro atoms. The van der Waals surface area contributed by atoms with Gasteiger partial charge in [-0.2, -0.15) is 10.5 Å². The summed E-state index contributed by atoms with van der Waals surface area (Å²) in [5.74, 6) is -2.14. The number of carbonyl (C=O) groups is 3. The number of thiophene rings is 1. The summed E-state index contributed by atoms with van der Waals surface area (Å²) in [7, 11) is 0. The van der Waals surface area contributed by atoms with Gasteiger partial charge >= 0.3 is 11.9 Å². The Morgan fingerprint density at radius 1 is 1.21 bits per heavy atom. The summed E-state index contributed by atoms with van der Waals surface area (Å²) in [6, 6.07) is 9.56. The van der Waals surface area contributed by atoms with Gasteiger partial charge in [-0.15, -0.1) is 11.3 Å². The van der Waals surface area contributed by atoms with Crippen LogP contribution < -0.4 is 0 Å². The number of carboxylic acids is 1. The van der Waals surface area contributed by atoms with Crippen LogP contribution in [0.25, 0.3) is 6.08 Å². The number of Topliss-reactive ketones (excluding diaryl/α,β-unsaturated/α-hetero) is 1. The molecule has 1 aromatic heterocycles. The lowest BCUT2D eigenvalue weighted by Gasteiger charge is -2.00. The molecule has 0 amide bonds. The normalized spacial score (nSPS) is 10.7. The minimum atomic E-state index is -1.08. The second kappa shape index (κ2) is 9.45. The lowest BCUT2D eigenvalue weighted by Crippen LogP contribution is -2.05. The second-order valence-corrected chi connectivity index (χ2v) is 6.99. The topological polar surface area (TPSA) is 128 Å². The third-order valence-corrected chi connectivity index (χ3v) is 5.27. The number of esters is 1. The number of aromatic carboxylic acids is 1. The predicted molar refractivity (Wildman–Crippen MR) is 105 cm³/mol. The molecule has 0 saturated heterocycles. The van der Waals surface area contributed by atoms with Crippen molar-refractivity contribution in [1.29, 1.82) is 10.5 Å². The molecule has 29 heavy (non-hydrogen) atoms. The molecule has 0 aliphatic carbocycles. The van der Waals surface area contributed by atoms with E-state index in [-0.39, 0.29) is 34.6 Å². The Kier molecular flexibility index (Phi) is 7.02. The van der Waals surface area contributed by atoms with Gasteiger partial charge in [0.2, 0.25) is 0 Å². The van der Waals surface area contributed by atoms with Gasteiger partial charge in [-0.1, -0.05) is 12.1 Å². The van der Waals surface area contributed by atoms with E-state index in [1.807, 2.05) is 12.1 Å². The van der Waals surface area contributed by atoms with Crippen LogP contribution in [0.5, 0.6) is 0 Å². The third kappa shape index (κ3) is 4.95. The fourth-order valence-corrected chi connectivity index (χ4v) is 3.69. The van der Waals surface area contributed by atoms with Crippen molar-refractivity contribution >= 4 is 35.1 Å². The number of carboxylic acid groups (broad SMARTS) is 1. The first-order valence-corrected chi connectivity index (χ1v) is 9.31. The Labute approximate surface area is 171 Å². The maximum atomic E-state index is 12.6. The highest BCUT2D eigenvalue weighted by Crippen LogP contribution is 2.29. The molecule has 1 N–H and O–H groups in total. The number of hydrogen-bond donors (Lipinski definition) is 1. The molecule has 0 aliphatic rings. The van der Waals surface area contributed by atoms with Crippen LogP contribution in [0.3, 0.4) is 0 Å². The van der Waals surface area contributed by atoms with Crippen LogP contribution >= 0.6 is 11.3 Å². The van der Waals surface area contributed by atoms with E-state index < -0.39 is 17.7 Å².